The van der Waals surface area contributed by atoms with Gasteiger partial charge in [0, 0.05) is 16.0 Å². The number of benzene rings is 2. The van der Waals surface area contributed by atoms with Crippen molar-refractivity contribution in [1.29, 1.82) is 0 Å². The molecule has 0 N–H and O–H groups in total. The number of imide groups is 1. The summed E-state index contributed by atoms with van der Waals surface area (Å²) in [5, 5.41) is 0. The number of carbonyl (C=O) groups excluding carboxylic acids is 7. The van der Waals surface area contributed by atoms with Crippen LogP contribution < -0.4 is 9.64 Å². The van der Waals surface area contributed by atoms with Gasteiger partial charge in [0.15, 0.2) is 0 Å². The summed E-state index contributed by atoms with van der Waals surface area (Å²) in [5.41, 5.74) is -0.375. The number of methoxy groups -OCH3 is 5. The lowest BCUT2D eigenvalue weighted by atomic mass is 9.83. The molecule has 4 heterocycles. The van der Waals surface area contributed by atoms with E-state index in [1.54, 1.807) is 44.2 Å². The topological polar surface area (TPSA) is 172 Å². The Morgan fingerprint density at radius 2 is 1.21 bits per heavy atom. The molecule has 0 saturated carbocycles. The molecule has 17 heteroatoms. The third-order valence-corrected chi connectivity index (χ3v) is 13.8. The highest BCUT2D eigenvalue weighted by Gasteiger charge is 2.62. The van der Waals surface area contributed by atoms with Gasteiger partial charge in [0.25, 0.3) is 17.7 Å². The van der Waals surface area contributed by atoms with Gasteiger partial charge in [-0.25, -0.2) is 19.2 Å². The van der Waals surface area contributed by atoms with Gasteiger partial charge in [-0.1, -0.05) is 47.4 Å². The summed E-state index contributed by atoms with van der Waals surface area (Å²) in [5.74, 6) is -5.27. The molecule has 0 saturated heterocycles. The number of anilines is 1. The van der Waals surface area contributed by atoms with Crippen LogP contribution in [0.3, 0.4) is 0 Å². The predicted molar refractivity (Wildman–Crippen MR) is 196 cm³/mol. The molecular formula is C36H32N2O12S3. The second-order valence-corrected chi connectivity index (χ2v) is 16.0. The molecular weight excluding hydrogens is 749 g/mol. The van der Waals surface area contributed by atoms with Crippen LogP contribution in [0.1, 0.15) is 47.1 Å². The van der Waals surface area contributed by atoms with Gasteiger partial charge in [-0.05, 0) is 51.1 Å². The first-order valence-electron chi connectivity index (χ1n) is 15.8. The van der Waals surface area contributed by atoms with Gasteiger partial charge in [-0.15, -0.1) is 0 Å². The molecule has 53 heavy (non-hydrogen) atoms. The Hall–Kier alpha value is -5.00. The van der Waals surface area contributed by atoms with Crippen molar-refractivity contribution in [3.05, 3.63) is 84.3 Å². The number of nitrogens with zero attached hydrogens (tertiary/aromatic N) is 2. The van der Waals surface area contributed by atoms with Crippen molar-refractivity contribution in [3.63, 3.8) is 0 Å². The molecule has 0 fully saturated rings. The second kappa shape index (κ2) is 13.8. The van der Waals surface area contributed by atoms with Crippen molar-refractivity contribution in [2.45, 2.75) is 36.4 Å². The number of hydrogen-bond donors (Lipinski definition) is 0. The van der Waals surface area contributed by atoms with Gasteiger partial charge in [0.2, 0.25) is 0 Å². The lowest BCUT2D eigenvalue weighted by Crippen LogP contribution is -2.59. The number of fused-ring (bicyclic) bond motifs is 4. The first kappa shape index (κ1) is 37.7. The van der Waals surface area contributed by atoms with Crippen molar-refractivity contribution in [2.24, 2.45) is 0 Å². The van der Waals surface area contributed by atoms with Crippen LogP contribution in [-0.2, 0) is 42.9 Å². The van der Waals surface area contributed by atoms with E-state index in [1.165, 1.54) is 31.1 Å². The Kier molecular flexibility index (Phi) is 9.80. The smallest absolute Gasteiger partial charge is 0.345 e. The molecule has 0 aromatic heterocycles. The first-order chi connectivity index (χ1) is 25.1. The molecule has 1 atom stereocenters. The monoisotopic (exact) mass is 780 g/mol. The van der Waals surface area contributed by atoms with E-state index in [-0.39, 0.29) is 37.1 Å². The largest absolute Gasteiger partial charge is 0.497 e. The van der Waals surface area contributed by atoms with E-state index in [0.717, 1.165) is 68.6 Å². The van der Waals surface area contributed by atoms with Gasteiger partial charge in [-0.3, -0.25) is 24.2 Å². The molecule has 1 spiro atoms. The van der Waals surface area contributed by atoms with Crippen molar-refractivity contribution in [2.75, 3.05) is 40.4 Å². The van der Waals surface area contributed by atoms with Crippen LogP contribution in [0.15, 0.2) is 67.7 Å². The van der Waals surface area contributed by atoms with Crippen LogP contribution in [-0.4, -0.2) is 97.7 Å². The van der Waals surface area contributed by atoms with Crippen molar-refractivity contribution >= 4 is 88.1 Å². The zero-order valence-electron chi connectivity index (χ0n) is 29.6. The van der Waals surface area contributed by atoms with Gasteiger partial charge in [0.05, 0.1) is 63.5 Å². The maximum absolute atomic E-state index is 14.9. The lowest BCUT2D eigenvalue weighted by Gasteiger charge is -2.51. The SMILES string of the molecule is COC(=O)C1=C(C(=O)OC)SC2(S1)C(C(=O)OC)=C(C(=O)OC)SC1=C2c2cc(OC)ccc2N(C(=O)[C@@H](C)N2C(=O)c3ccccc3C2=O)C1(C)C. The summed E-state index contributed by atoms with van der Waals surface area (Å²) in [4.78, 5) is 98.2. The average Bonchev–Trinajstić information content (AvgIpc) is 3.67. The van der Waals surface area contributed by atoms with E-state index in [1.807, 2.05) is 0 Å². The maximum atomic E-state index is 14.9. The molecule has 0 aliphatic carbocycles. The summed E-state index contributed by atoms with van der Waals surface area (Å²) in [6, 6.07) is 9.82. The average molecular weight is 781 g/mol. The minimum Gasteiger partial charge on any atom is -0.497 e. The number of amides is 3. The third kappa shape index (κ3) is 5.55. The summed E-state index contributed by atoms with van der Waals surface area (Å²) < 4.78 is 24.2. The highest BCUT2D eigenvalue weighted by atomic mass is 32.2. The Morgan fingerprint density at radius 1 is 0.698 bits per heavy atom. The minimum atomic E-state index is -1.81. The molecule has 0 bridgehead atoms. The van der Waals surface area contributed by atoms with Gasteiger partial charge >= 0.3 is 23.9 Å². The molecule has 4 aliphatic rings. The first-order valence-corrected chi connectivity index (χ1v) is 18.2. The number of thioether (sulfide) groups is 3. The van der Waals surface area contributed by atoms with E-state index in [9.17, 15) is 33.6 Å². The van der Waals surface area contributed by atoms with E-state index >= 15 is 0 Å². The molecule has 0 radical (unpaired) electrons. The van der Waals surface area contributed by atoms with Gasteiger partial charge in [-0.2, -0.15) is 0 Å². The van der Waals surface area contributed by atoms with E-state index in [2.05, 4.69) is 0 Å². The highest BCUT2D eigenvalue weighted by molar-refractivity contribution is 8.26. The number of esters is 4. The van der Waals surface area contributed by atoms with Gasteiger partial charge in [0.1, 0.15) is 30.6 Å². The second-order valence-electron chi connectivity index (χ2n) is 12.3. The van der Waals surface area contributed by atoms with Crippen molar-refractivity contribution in [1.82, 2.24) is 4.90 Å². The van der Waals surface area contributed by atoms with Crippen LogP contribution in [0.2, 0.25) is 0 Å². The highest BCUT2D eigenvalue weighted by Crippen LogP contribution is 2.71. The Labute approximate surface area is 316 Å². The molecule has 276 valence electrons. The van der Waals surface area contributed by atoms with Crippen molar-refractivity contribution < 1.29 is 57.2 Å². The quantitative estimate of drug-likeness (QED) is 0.221. The third-order valence-electron chi connectivity index (χ3n) is 9.14. The standard InChI is InChI=1S/C36H32N2O12S3/c1-16(37-29(40)18-11-9-10-12-19(18)30(37)41)28(39)38-21-14-13-17(46-4)15-20(21)22-27(35(38,2)3)51-24(32(43)48-6)23(31(42)47-5)36(22)52-25(33(44)49-7)26(53-36)34(45)50-8/h9-16H,1-8H3/t16-/m1/s1. The molecule has 0 unspecified atom stereocenters. The zero-order chi connectivity index (χ0) is 38.7. The fourth-order valence-electron chi connectivity index (χ4n) is 6.67. The molecule has 14 nitrogen and oxygen atoms in total. The molecule has 2 aromatic rings. The maximum Gasteiger partial charge on any atom is 0.345 e. The minimum absolute atomic E-state index is 0.170. The van der Waals surface area contributed by atoms with Crippen LogP contribution in [0.4, 0.5) is 5.69 Å². The Balaban J connectivity index is 1.63. The normalized spacial score (nSPS) is 18.7. The van der Waals surface area contributed by atoms with E-state index in [0.29, 0.717) is 21.8 Å². The summed E-state index contributed by atoms with van der Waals surface area (Å²) >= 11 is 2.42. The van der Waals surface area contributed by atoms with E-state index in [4.69, 9.17) is 23.7 Å². The summed E-state index contributed by atoms with van der Waals surface area (Å²) in [6.45, 7) is 4.85. The molecule has 6 rings (SSSR count). The molecule has 3 amide bonds. The van der Waals surface area contributed by atoms with Crippen LogP contribution in [0.5, 0.6) is 5.75 Å². The van der Waals surface area contributed by atoms with Crippen LogP contribution in [0.25, 0.3) is 5.57 Å². The summed E-state index contributed by atoms with van der Waals surface area (Å²) in [7, 11) is 5.93. The number of ether oxygens (including phenoxy) is 5. The van der Waals surface area contributed by atoms with Crippen LogP contribution in [0, 0.1) is 0 Å². The predicted octanol–water partition coefficient (Wildman–Crippen LogP) is 4.30. The fourth-order valence-corrected chi connectivity index (χ4v) is 11.7. The summed E-state index contributed by atoms with van der Waals surface area (Å²) in [6.07, 6.45) is 0. The fraction of sp³-hybridized carbons (Fsp3) is 0.306. The lowest BCUT2D eigenvalue weighted by molar-refractivity contribution is -0.138. The van der Waals surface area contributed by atoms with Crippen molar-refractivity contribution in [3.8, 4) is 5.75 Å². The number of hydrogen-bond acceptors (Lipinski definition) is 15. The number of carbonyl (C=O) groups is 7. The van der Waals surface area contributed by atoms with Gasteiger partial charge < -0.3 is 23.7 Å². The van der Waals surface area contributed by atoms with E-state index < -0.39 is 57.3 Å². The molecule has 2 aromatic carbocycles. The zero-order valence-corrected chi connectivity index (χ0v) is 32.1. The Morgan fingerprint density at radius 3 is 1.70 bits per heavy atom. The Bertz CT molecular complexity index is 2090. The number of rotatable bonds is 7. The van der Waals surface area contributed by atoms with Crippen LogP contribution >= 0.6 is 35.3 Å². The molecule has 4 aliphatic heterocycles.